The van der Waals surface area contributed by atoms with Crippen LogP contribution in [0.3, 0.4) is 0 Å². The van der Waals surface area contributed by atoms with Crippen molar-refractivity contribution in [2.24, 2.45) is 5.14 Å². The first kappa shape index (κ1) is 16.6. The Hall–Kier alpha value is -1.39. The summed E-state index contributed by atoms with van der Waals surface area (Å²) in [5.41, 5.74) is 0. The van der Waals surface area contributed by atoms with Crippen molar-refractivity contribution >= 4 is 22.0 Å². The average molecular weight is 283 g/mol. The molecular formula is C8H17N3O6S. The summed E-state index contributed by atoms with van der Waals surface area (Å²) >= 11 is 0. The number of carbonyl (C=O) groups excluding carboxylic acids is 1. The second-order valence-electron chi connectivity index (χ2n) is 3.52. The van der Waals surface area contributed by atoms with Crippen molar-refractivity contribution in [3.8, 4) is 0 Å². The van der Waals surface area contributed by atoms with Crippen molar-refractivity contribution in [3.63, 3.8) is 0 Å². The lowest BCUT2D eigenvalue weighted by Crippen LogP contribution is -2.46. The predicted octanol–water partition coefficient (Wildman–Crippen LogP) is -2.20. The lowest BCUT2D eigenvalue weighted by Gasteiger charge is -2.13. The van der Waals surface area contributed by atoms with Gasteiger partial charge in [-0.25, -0.2) is 23.1 Å². The molecule has 0 radical (unpaired) electrons. The monoisotopic (exact) mass is 283 g/mol. The van der Waals surface area contributed by atoms with Crippen LogP contribution in [-0.4, -0.2) is 55.6 Å². The molecule has 9 nitrogen and oxygen atoms in total. The van der Waals surface area contributed by atoms with Gasteiger partial charge in [0, 0.05) is 19.6 Å². The van der Waals surface area contributed by atoms with Crippen molar-refractivity contribution in [2.45, 2.75) is 18.9 Å². The number of urea groups is 1. The highest BCUT2D eigenvalue weighted by atomic mass is 32.2. The van der Waals surface area contributed by atoms with Gasteiger partial charge in [-0.1, -0.05) is 0 Å². The Balaban J connectivity index is 3.92. The normalized spacial score (nSPS) is 12.8. The van der Waals surface area contributed by atoms with Gasteiger partial charge in [-0.3, -0.25) is 0 Å². The second kappa shape index (κ2) is 7.84. The highest BCUT2D eigenvalue weighted by Crippen LogP contribution is 1.91. The molecule has 0 aliphatic rings. The number of amides is 2. The number of primary sulfonamides is 1. The first-order chi connectivity index (χ1) is 8.26. The first-order valence-electron chi connectivity index (χ1n) is 5.14. The minimum Gasteiger partial charge on any atom is -0.480 e. The number of aliphatic hydroxyl groups is 1. The molecule has 1 atom stereocenters. The van der Waals surface area contributed by atoms with Gasteiger partial charge < -0.3 is 20.8 Å². The number of hydrogen-bond donors (Lipinski definition) is 5. The van der Waals surface area contributed by atoms with Crippen molar-refractivity contribution in [1.82, 2.24) is 10.6 Å². The van der Waals surface area contributed by atoms with Crippen LogP contribution < -0.4 is 15.8 Å². The average Bonchev–Trinajstić information content (AvgIpc) is 2.22. The summed E-state index contributed by atoms with van der Waals surface area (Å²) in [6.45, 7) is -0.323. The summed E-state index contributed by atoms with van der Waals surface area (Å²) in [4.78, 5) is 21.8. The van der Waals surface area contributed by atoms with Crippen molar-refractivity contribution in [2.75, 3.05) is 18.9 Å². The highest BCUT2D eigenvalue weighted by Gasteiger charge is 2.18. The minimum absolute atomic E-state index is 0.0493. The van der Waals surface area contributed by atoms with Gasteiger partial charge >= 0.3 is 12.0 Å². The van der Waals surface area contributed by atoms with Crippen molar-refractivity contribution < 1.29 is 28.2 Å². The van der Waals surface area contributed by atoms with E-state index in [0.29, 0.717) is 0 Å². The fourth-order valence-electron chi connectivity index (χ4n) is 1.07. The Morgan fingerprint density at radius 3 is 2.39 bits per heavy atom. The van der Waals surface area contributed by atoms with Gasteiger partial charge in [0.2, 0.25) is 10.0 Å². The summed E-state index contributed by atoms with van der Waals surface area (Å²) in [6.07, 6.45) is 0.0178. The maximum Gasteiger partial charge on any atom is 0.326 e. The summed E-state index contributed by atoms with van der Waals surface area (Å²) in [5, 5.41) is 26.4. The Kier molecular flexibility index (Phi) is 7.24. The Bertz CT molecular complexity index is 382. The largest absolute Gasteiger partial charge is 0.480 e. The van der Waals surface area contributed by atoms with Gasteiger partial charge in [-0.2, -0.15) is 0 Å². The third kappa shape index (κ3) is 8.73. The Morgan fingerprint density at radius 1 is 1.33 bits per heavy atom. The van der Waals surface area contributed by atoms with Crippen LogP contribution in [0.1, 0.15) is 12.8 Å². The zero-order chi connectivity index (χ0) is 14.2. The number of carbonyl (C=O) groups is 2. The molecule has 0 saturated carbocycles. The third-order valence-corrected chi connectivity index (χ3v) is 2.77. The van der Waals surface area contributed by atoms with Gasteiger partial charge in [0.15, 0.2) is 0 Å². The van der Waals surface area contributed by atoms with Crippen LogP contribution in [0.25, 0.3) is 0 Å². The number of hydrogen-bond acceptors (Lipinski definition) is 5. The van der Waals surface area contributed by atoms with E-state index < -0.39 is 28.1 Å². The van der Waals surface area contributed by atoms with Crippen LogP contribution in [-0.2, 0) is 14.8 Å². The van der Waals surface area contributed by atoms with Gasteiger partial charge in [-0.05, 0) is 6.42 Å². The summed E-state index contributed by atoms with van der Waals surface area (Å²) in [6, 6.07) is -1.93. The van der Waals surface area contributed by atoms with Crippen LogP contribution >= 0.6 is 0 Å². The van der Waals surface area contributed by atoms with Crippen molar-refractivity contribution in [3.05, 3.63) is 0 Å². The molecule has 6 N–H and O–H groups in total. The number of nitrogens with two attached hydrogens (primary N) is 1. The van der Waals surface area contributed by atoms with Crippen LogP contribution in [0.15, 0.2) is 0 Å². The van der Waals surface area contributed by atoms with E-state index in [-0.39, 0.29) is 31.7 Å². The summed E-state index contributed by atoms with van der Waals surface area (Å²) in [5.74, 6) is -1.53. The minimum atomic E-state index is -3.57. The van der Waals surface area contributed by atoms with E-state index in [4.69, 9.17) is 15.4 Å². The SMILES string of the molecule is NS(=O)(=O)CCCNC(=O)N[C@@H](CCO)C(=O)O. The lowest BCUT2D eigenvalue weighted by atomic mass is 10.2. The van der Waals surface area contributed by atoms with E-state index in [1.165, 1.54) is 0 Å². The molecule has 0 heterocycles. The molecule has 0 bridgehead atoms. The number of rotatable bonds is 8. The molecule has 0 aromatic carbocycles. The number of aliphatic carboxylic acids is 1. The first-order valence-corrected chi connectivity index (χ1v) is 6.86. The lowest BCUT2D eigenvalue weighted by molar-refractivity contribution is -0.139. The van der Waals surface area contributed by atoms with E-state index in [1.807, 2.05) is 0 Å². The Labute approximate surface area is 104 Å². The standard InChI is InChI=1S/C8H17N3O6S/c9-18(16,17)5-1-3-10-8(15)11-6(2-4-12)7(13)14/h6,12H,1-5H2,(H,13,14)(H2,9,16,17)(H2,10,11,15)/t6-/m0/s1. The van der Waals surface area contributed by atoms with E-state index in [2.05, 4.69) is 10.6 Å². The molecule has 0 spiro atoms. The molecule has 0 aliphatic heterocycles. The van der Waals surface area contributed by atoms with Gasteiger partial charge in [0.25, 0.3) is 0 Å². The number of nitrogens with one attached hydrogen (secondary N) is 2. The van der Waals surface area contributed by atoms with Crippen LogP contribution in [0.5, 0.6) is 0 Å². The quantitative estimate of drug-likeness (QED) is 0.318. The molecule has 18 heavy (non-hydrogen) atoms. The molecule has 106 valence electrons. The van der Waals surface area contributed by atoms with Gasteiger partial charge in [0.1, 0.15) is 6.04 Å². The van der Waals surface area contributed by atoms with Crippen LogP contribution in [0.2, 0.25) is 0 Å². The van der Waals surface area contributed by atoms with Crippen LogP contribution in [0, 0.1) is 0 Å². The smallest absolute Gasteiger partial charge is 0.326 e. The maximum absolute atomic E-state index is 11.2. The topological polar surface area (TPSA) is 159 Å². The maximum atomic E-state index is 11.2. The van der Waals surface area contributed by atoms with Crippen LogP contribution in [0.4, 0.5) is 4.79 Å². The van der Waals surface area contributed by atoms with E-state index >= 15 is 0 Å². The third-order valence-electron chi connectivity index (χ3n) is 1.91. The molecule has 0 rings (SSSR count). The number of carboxylic acid groups (broad SMARTS) is 1. The van der Waals surface area contributed by atoms with E-state index in [9.17, 15) is 18.0 Å². The van der Waals surface area contributed by atoms with E-state index in [0.717, 1.165) is 0 Å². The molecule has 0 aromatic heterocycles. The number of carboxylic acids is 1. The molecule has 0 saturated heterocycles. The fourth-order valence-corrected chi connectivity index (χ4v) is 1.62. The number of aliphatic hydroxyl groups excluding tert-OH is 1. The van der Waals surface area contributed by atoms with Gasteiger partial charge in [0.05, 0.1) is 5.75 Å². The predicted molar refractivity (Wildman–Crippen MR) is 62.3 cm³/mol. The highest BCUT2D eigenvalue weighted by molar-refractivity contribution is 7.89. The molecule has 10 heteroatoms. The summed E-state index contributed by atoms with van der Waals surface area (Å²) < 4.78 is 21.1. The molecule has 0 aliphatic carbocycles. The second-order valence-corrected chi connectivity index (χ2v) is 5.26. The summed E-state index contributed by atoms with van der Waals surface area (Å²) in [7, 11) is -3.57. The molecular weight excluding hydrogens is 266 g/mol. The van der Waals surface area contributed by atoms with Gasteiger partial charge in [-0.15, -0.1) is 0 Å². The zero-order valence-corrected chi connectivity index (χ0v) is 10.4. The van der Waals surface area contributed by atoms with Crippen molar-refractivity contribution in [1.29, 1.82) is 0 Å². The molecule has 0 unspecified atom stereocenters. The fraction of sp³-hybridized carbons (Fsp3) is 0.750. The zero-order valence-electron chi connectivity index (χ0n) is 9.63. The molecule has 0 aromatic rings. The molecule has 0 fully saturated rings. The number of sulfonamides is 1. The molecule has 2 amide bonds. The Morgan fingerprint density at radius 2 is 1.94 bits per heavy atom. The van der Waals surface area contributed by atoms with E-state index in [1.54, 1.807) is 0 Å².